The molecule has 1 heterocycles. The number of hydrogen-bond acceptors (Lipinski definition) is 4. The fourth-order valence-electron chi connectivity index (χ4n) is 2.33. The van der Waals surface area contributed by atoms with Crippen LogP contribution in [0.15, 0.2) is 24.4 Å². The highest BCUT2D eigenvalue weighted by Gasteiger charge is 2.19. The molecular formula is C15H21N3O2. The highest BCUT2D eigenvalue weighted by molar-refractivity contribution is 5.46. The van der Waals surface area contributed by atoms with Crippen molar-refractivity contribution in [2.24, 2.45) is 12.8 Å². The minimum absolute atomic E-state index is 0.264. The molecule has 108 valence electrons. The molecule has 2 rings (SSSR count). The van der Waals surface area contributed by atoms with Crippen molar-refractivity contribution >= 4 is 0 Å². The average molecular weight is 275 g/mol. The van der Waals surface area contributed by atoms with Crippen molar-refractivity contribution in [1.82, 2.24) is 9.78 Å². The van der Waals surface area contributed by atoms with Gasteiger partial charge < -0.3 is 15.2 Å². The summed E-state index contributed by atoms with van der Waals surface area (Å²) in [5.41, 5.74) is 9.36. The Kier molecular flexibility index (Phi) is 4.29. The van der Waals surface area contributed by atoms with Gasteiger partial charge in [-0.25, -0.2) is 0 Å². The number of benzene rings is 1. The van der Waals surface area contributed by atoms with Crippen LogP contribution in [0.1, 0.15) is 29.8 Å². The molecule has 5 nitrogen and oxygen atoms in total. The van der Waals surface area contributed by atoms with E-state index >= 15 is 0 Å². The lowest BCUT2D eigenvalue weighted by Crippen LogP contribution is -2.14. The van der Waals surface area contributed by atoms with Gasteiger partial charge in [0, 0.05) is 30.4 Å². The Hall–Kier alpha value is -2.01. The van der Waals surface area contributed by atoms with Crippen LogP contribution in [0.5, 0.6) is 11.5 Å². The minimum atomic E-state index is -0.264. The Morgan fingerprint density at radius 3 is 2.60 bits per heavy atom. The highest BCUT2D eigenvalue weighted by Crippen LogP contribution is 2.32. The monoisotopic (exact) mass is 275 g/mol. The van der Waals surface area contributed by atoms with Crippen LogP contribution in [0, 0.1) is 0 Å². The van der Waals surface area contributed by atoms with Gasteiger partial charge in [0.25, 0.3) is 0 Å². The molecule has 0 aliphatic heterocycles. The number of nitrogens with two attached hydrogens (primary N) is 1. The summed E-state index contributed by atoms with van der Waals surface area (Å²) in [5.74, 6) is 1.47. The van der Waals surface area contributed by atoms with Crippen molar-refractivity contribution < 1.29 is 9.47 Å². The molecule has 0 aliphatic carbocycles. The first-order valence-corrected chi connectivity index (χ1v) is 6.60. The van der Waals surface area contributed by atoms with Crippen LogP contribution in [0.4, 0.5) is 0 Å². The van der Waals surface area contributed by atoms with Crippen LogP contribution < -0.4 is 15.2 Å². The predicted octanol–water partition coefficient (Wildman–Crippen LogP) is 2.05. The lowest BCUT2D eigenvalue weighted by molar-refractivity contribution is 0.390. The summed E-state index contributed by atoms with van der Waals surface area (Å²) in [6, 6.07) is 5.41. The summed E-state index contributed by atoms with van der Waals surface area (Å²) in [5, 5.41) is 4.44. The van der Waals surface area contributed by atoms with E-state index < -0.39 is 0 Å². The summed E-state index contributed by atoms with van der Waals surface area (Å²) < 4.78 is 12.4. The molecule has 0 spiro atoms. The lowest BCUT2D eigenvalue weighted by atomic mass is 9.98. The maximum atomic E-state index is 6.40. The standard InChI is InChI=1S/C15H21N3O2/c1-5-13-12(9-18(2)17-13)15(16)11-7-6-10(19-3)8-14(11)20-4/h6-9,15H,5,16H2,1-4H3. The van der Waals surface area contributed by atoms with Gasteiger partial charge in [-0.3, -0.25) is 4.68 Å². The van der Waals surface area contributed by atoms with Crippen LogP contribution in [0.2, 0.25) is 0 Å². The van der Waals surface area contributed by atoms with Crippen LogP contribution in [0.25, 0.3) is 0 Å². The maximum Gasteiger partial charge on any atom is 0.127 e. The summed E-state index contributed by atoms with van der Waals surface area (Å²) in [7, 11) is 5.17. The van der Waals surface area contributed by atoms with Gasteiger partial charge in [-0.1, -0.05) is 6.92 Å². The molecule has 1 atom stereocenters. The Bertz CT molecular complexity index is 593. The minimum Gasteiger partial charge on any atom is -0.497 e. The zero-order valence-corrected chi connectivity index (χ0v) is 12.4. The number of aromatic nitrogens is 2. The van der Waals surface area contributed by atoms with Crippen molar-refractivity contribution in [3.63, 3.8) is 0 Å². The summed E-state index contributed by atoms with van der Waals surface area (Å²) >= 11 is 0. The second-order valence-electron chi connectivity index (χ2n) is 4.64. The number of aryl methyl sites for hydroxylation is 2. The number of hydrogen-bond donors (Lipinski definition) is 1. The van der Waals surface area contributed by atoms with Crippen molar-refractivity contribution in [3.05, 3.63) is 41.2 Å². The number of methoxy groups -OCH3 is 2. The Morgan fingerprint density at radius 1 is 1.25 bits per heavy atom. The summed E-state index contributed by atoms with van der Waals surface area (Å²) in [6.45, 7) is 2.07. The Morgan fingerprint density at radius 2 is 2.00 bits per heavy atom. The number of rotatable bonds is 5. The molecule has 2 aromatic rings. The largest absolute Gasteiger partial charge is 0.497 e. The van der Waals surface area contributed by atoms with Crippen LogP contribution >= 0.6 is 0 Å². The third-order valence-corrected chi connectivity index (χ3v) is 3.38. The molecule has 20 heavy (non-hydrogen) atoms. The molecule has 5 heteroatoms. The fraction of sp³-hybridized carbons (Fsp3) is 0.400. The van der Waals surface area contributed by atoms with E-state index in [-0.39, 0.29) is 6.04 Å². The van der Waals surface area contributed by atoms with Gasteiger partial charge in [0.1, 0.15) is 11.5 Å². The summed E-state index contributed by atoms with van der Waals surface area (Å²) in [4.78, 5) is 0. The van der Waals surface area contributed by atoms with E-state index in [2.05, 4.69) is 12.0 Å². The molecule has 0 bridgehead atoms. The zero-order chi connectivity index (χ0) is 14.7. The van der Waals surface area contributed by atoms with Crippen molar-refractivity contribution in [1.29, 1.82) is 0 Å². The number of ether oxygens (including phenoxy) is 2. The smallest absolute Gasteiger partial charge is 0.127 e. The zero-order valence-electron chi connectivity index (χ0n) is 12.4. The normalized spacial score (nSPS) is 12.2. The van der Waals surface area contributed by atoms with Gasteiger partial charge in [-0.05, 0) is 18.6 Å². The molecule has 0 aliphatic rings. The van der Waals surface area contributed by atoms with E-state index in [1.54, 1.807) is 18.9 Å². The van der Waals surface area contributed by atoms with Gasteiger partial charge in [0.05, 0.1) is 26.0 Å². The molecule has 0 amide bonds. The van der Waals surface area contributed by atoms with Crippen molar-refractivity contribution in [2.45, 2.75) is 19.4 Å². The average Bonchev–Trinajstić information content (AvgIpc) is 2.86. The third-order valence-electron chi connectivity index (χ3n) is 3.38. The highest BCUT2D eigenvalue weighted by atomic mass is 16.5. The van der Waals surface area contributed by atoms with E-state index in [1.165, 1.54) is 0 Å². The van der Waals surface area contributed by atoms with Gasteiger partial charge in [0.2, 0.25) is 0 Å². The van der Waals surface area contributed by atoms with Gasteiger partial charge in [0.15, 0.2) is 0 Å². The maximum absolute atomic E-state index is 6.40. The van der Waals surface area contributed by atoms with Crippen LogP contribution in [-0.2, 0) is 13.5 Å². The van der Waals surface area contributed by atoms with Crippen LogP contribution in [-0.4, -0.2) is 24.0 Å². The molecular weight excluding hydrogens is 254 g/mol. The molecule has 0 saturated heterocycles. The van der Waals surface area contributed by atoms with Crippen molar-refractivity contribution in [3.8, 4) is 11.5 Å². The van der Waals surface area contributed by atoms with Gasteiger partial charge >= 0.3 is 0 Å². The van der Waals surface area contributed by atoms with E-state index in [0.717, 1.165) is 34.7 Å². The Labute approximate surface area is 119 Å². The molecule has 2 N–H and O–H groups in total. The number of nitrogens with zero attached hydrogens (tertiary/aromatic N) is 2. The van der Waals surface area contributed by atoms with Crippen molar-refractivity contribution in [2.75, 3.05) is 14.2 Å². The molecule has 0 radical (unpaired) electrons. The second kappa shape index (κ2) is 5.96. The second-order valence-corrected chi connectivity index (χ2v) is 4.64. The molecule has 0 fully saturated rings. The van der Waals surface area contributed by atoms with Gasteiger partial charge in [-0.15, -0.1) is 0 Å². The van der Waals surface area contributed by atoms with E-state index in [1.807, 2.05) is 31.4 Å². The van der Waals surface area contributed by atoms with E-state index in [0.29, 0.717) is 0 Å². The molecule has 1 unspecified atom stereocenters. The van der Waals surface area contributed by atoms with Crippen LogP contribution in [0.3, 0.4) is 0 Å². The van der Waals surface area contributed by atoms with Gasteiger partial charge in [-0.2, -0.15) is 5.10 Å². The summed E-state index contributed by atoms with van der Waals surface area (Å²) in [6.07, 6.45) is 2.81. The molecule has 1 aromatic carbocycles. The first-order chi connectivity index (χ1) is 9.60. The Balaban J connectivity index is 2.44. The molecule has 0 saturated carbocycles. The SMILES string of the molecule is CCc1nn(C)cc1C(N)c1ccc(OC)cc1OC. The fourth-order valence-corrected chi connectivity index (χ4v) is 2.33. The quantitative estimate of drug-likeness (QED) is 0.907. The lowest BCUT2D eigenvalue weighted by Gasteiger charge is -2.16. The molecule has 1 aromatic heterocycles. The predicted molar refractivity (Wildman–Crippen MR) is 78.2 cm³/mol. The first kappa shape index (κ1) is 14.4. The third kappa shape index (κ3) is 2.63. The first-order valence-electron chi connectivity index (χ1n) is 6.60. The van der Waals surface area contributed by atoms with E-state index in [4.69, 9.17) is 15.2 Å². The topological polar surface area (TPSA) is 62.3 Å². The van der Waals surface area contributed by atoms with E-state index in [9.17, 15) is 0 Å².